The van der Waals surface area contributed by atoms with Gasteiger partial charge in [0.1, 0.15) is 0 Å². The van der Waals surface area contributed by atoms with Crippen molar-refractivity contribution in [2.45, 2.75) is 51.1 Å². The van der Waals surface area contributed by atoms with Gasteiger partial charge in [-0.05, 0) is 43.0 Å². The van der Waals surface area contributed by atoms with Gasteiger partial charge in [-0.2, -0.15) is 0 Å². The smallest absolute Gasteiger partial charge is 0.315 e. The zero-order chi connectivity index (χ0) is 15.6. The number of carbonyl (C=O) groups is 1. The molecule has 2 aliphatic rings. The van der Waals surface area contributed by atoms with E-state index in [2.05, 4.69) is 26.2 Å². The summed E-state index contributed by atoms with van der Waals surface area (Å²) >= 11 is 0. The quantitative estimate of drug-likeness (QED) is 0.789. The van der Waals surface area contributed by atoms with Crippen LogP contribution in [-0.2, 0) is 4.74 Å². The molecule has 1 aromatic rings. The highest BCUT2D eigenvalue weighted by atomic mass is 16.5. The van der Waals surface area contributed by atoms with Crippen LogP contribution < -0.4 is 10.6 Å². The fourth-order valence-electron chi connectivity index (χ4n) is 3.00. The van der Waals surface area contributed by atoms with E-state index in [1.165, 1.54) is 6.42 Å². The Hall–Kier alpha value is -1.70. The SMILES string of the molecule is COCC1(CNC(=O)NC(C)c2nnnn2C2CC2)CCC1. The van der Waals surface area contributed by atoms with Crippen molar-refractivity contribution in [3.8, 4) is 0 Å². The first-order chi connectivity index (χ1) is 10.6. The van der Waals surface area contributed by atoms with Crippen LogP contribution in [0.15, 0.2) is 0 Å². The van der Waals surface area contributed by atoms with E-state index in [0.717, 1.165) is 25.7 Å². The van der Waals surface area contributed by atoms with E-state index in [0.29, 0.717) is 25.0 Å². The number of rotatable bonds is 7. The van der Waals surface area contributed by atoms with Crippen LogP contribution in [0, 0.1) is 5.41 Å². The van der Waals surface area contributed by atoms with Gasteiger partial charge in [0.2, 0.25) is 0 Å². The van der Waals surface area contributed by atoms with Gasteiger partial charge in [0.25, 0.3) is 0 Å². The molecule has 3 rings (SSSR count). The number of ether oxygens (including phenoxy) is 1. The monoisotopic (exact) mass is 308 g/mol. The van der Waals surface area contributed by atoms with E-state index in [-0.39, 0.29) is 17.5 Å². The molecule has 1 heterocycles. The third-order valence-corrected chi connectivity index (χ3v) is 4.63. The predicted octanol–water partition coefficient (Wildman–Crippen LogP) is 1.18. The molecule has 0 radical (unpaired) electrons. The van der Waals surface area contributed by atoms with Crippen molar-refractivity contribution in [3.63, 3.8) is 0 Å². The molecule has 2 aliphatic carbocycles. The minimum Gasteiger partial charge on any atom is -0.384 e. The first-order valence-corrected chi connectivity index (χ1v) is 7.95. The number of hydrogen-bond donors (Lipinski definition) is 2. The summed E-state index contributed by atoms with van der Waals surface area (Å²) in [7, 11) is 1.71. The first kappa shape index (κ1) is 15.2. The number of methoxy groups -OCH3 is 1. The van der Waals surface area contributed by atoms with Crippen LogP contribution in [0.25, 0.3) is 0 Å². The highest BCUT2D eigenvalue weighted by Gasteiger charge is 2.37. The van der Waals surface area contributed by atoms with Crippen LogP contribution in [-0.4, -0.2) is 46.5 Å². The summed E-state index contributed by atoms with van der Waals surface area (Å²) in [5.41, 5.74) is 0.116. The minimum atomic E-state index is -0.213. The number of amides is 2. The Bertz CT molecular complexity index is 523. The normalized spacial score (nSPS) is 21.0. The van der Waals surface area contributed by atoms with Crippen LogP contribution in [0.5, 0.6) is 0 Å². The molecule has 1 aromatic heterocycles. The molecule has 0 saturated heterocycles. The van der Waals surface area contributed by atoms with Crippen molar-refractivity contribution >= 4 is 6.03 Å². The van der Waals surface area contributed by atoms with Crippen LogP contribution in [0.1, 0.15) is 56.9 Å². The number of tetrazole rings is 1. The molecule has 8 heteroatoms. The molecular weight excluding hydrogens is 284 g/mol. The lowest BCUT2D eigenvalue weighted by atomic mass is 9.69. The largest absolute Gasteiger partial charge is 0.384 e. The summed E-state index contributed by atoms with van der Waals surface area (Å²) in [5, 5.41) is 17.6. The van der Waals surface area contributed by atoms with Gasteiger partial charge >= 0.3 is 6.03 Å². The second kappa shape index (κ2) is 6.20. The Kier molecular flexibility index (Phi) is 4.28. The Labute approximate surface area is 130 Å². The van der Waals surface area contributed by atoms with E-state index >= 15 is 0 Å². The highest BCUT2D eigenvalue weighted by Crippen LogP contribution is 2.40. The summed E-state index contributed by atoms with van der Waals surface area (Å²) in [6.07, 6.45) is 5.64. The minimum absolute atomic E-state index is 0.116. The number of urea groups is 1. The molecule has 2 N–H and O–H groups in total. The van der Waals surface area contributed by atoms with Crippen LogP contribution in [0.4, 0.5) is 4.79 Å². The second-order valence-electron chi connectivity index (χ2n) is 6.55. The third kappa shape index (κ3) is 3.21. The van der Waals surface area contributed by atoms with Gasteiger partial charge in [0, 0.05) is 19.1 Å². The maximum Gasteiger partial charge on any atom is 0.315 e. The first-order valence-electron chi connectivity index (χ1n) is 7.95. The van der Waals surface area contributed by atoms with E-state index in [1.807, 2.05) is 11.6 Å². The molecular formula is C14H24N6O2. The summed E-state index contributed by atoms with van der Waals surface area (Å²) in [4.78, 5) is 12.1. The zero-order valence-corrected chi connectivity index (χ0v) is 13.2. The van der Waals surface area contributed by atoms with Crippen molar-refractivity contribution in [2.75, 3.05) is 20.3 Å². The average molecular weight is 308 g/mol. The Morgan fingerprint density at radius 1 is 1.50 bits per heavy atom. The van der Waals surface area contributed by atoms with Gasteiger partial charge in [-0.15, -0.1) is 5.10 Å². The number of aromatic nitrogens is 4. The third-order valence-electron chi connectivity index (χ3n) is 4.63. The van der Waals surface area contributed by atoms with E-state index in [1.54, 1.807) is 7.11 Å². The van der Waals surface area contributed by atoms with Crippen LogP contribution in [0.2, 0.25) is 0 Å². The van der Waals surface area contributed by atoms with Crippen molar-refractivity contribution in [2.24, 2.45) is 5.41 Å². The number of nitrogens with zero attached hydrogens (tertiary/aromatic N) is 4. The van der Waals surface area contributed by atoms with Crippen LogP contribution >= 0.6 is 0 Å². The van der Waals surface area contributed by atoms with Gasteiger partial charge in [-0.1, -0.05) is 6.42 Å². The number of nitrogens with one attached hydrogen (secondary N) is 2. The van der Waals surface area contributed by atoms with Gasteiger partial charge in [-0.25, -0.2) is 9.48 Å². The molecule has 122 valence electrons. The predicted molar refractivity (Wildman–Crippen MR) is 79.2 cm³/mol. The molecule has 1 unspecified atom stereocenters. The van der Waals surface area contributed by atoms with Crippen molar-refractivity contribution in [1.82, 2.24) is 30.8 Å². The van der Waals surface area contributed by atoms with Gasteiger partial charge in [0.15, 0.2) is 5.82 Å². The average Bonchev–Trinajstić information content (AvgIpc) is 3.18. The molecule has 2 fully saturated rings. The van der Waals surface area contributed by atoms with Crippen molar-refractivity contribution in [1.29, 1.82) is 0 Å². The molecule has 0 bridgehead atoms. The number of hydrogen-bond acceptors (Lipinski definition) is 5. The molecule has 0 aliphatic heterocycles. The Balaban J connectivity index is 1.49. The van der Waals surface area contributed by atoms with Gasteiger partial charge in [0.05, 0.1) is 18.7 Å². The maximum atomic E-state index is 12.1. The lowest BCUT2D eigenvalue weighted by molar-refractivity contribution is 0.0199. The molecule has 2 amide bonds. The summed E-state index contributed by atoms with van der Waals surface area (Å²) < 4.78 is 7.09. The second-order valence-corrected chi connectivity index (χ2v) is 6.55. The fourth-order valence-corrected chi connectivity index (χ4v) is 3.00. The van der Waals surface area contributed by atoms with Crippen molar-refractivity contribution < 1.29 is 9.53 Å². The zero-order valence-electron chi connectivity index (χ0n) is 13.2. The fraction of sp³-hybridized carbons (Fsp3) is 0.857. The number of carbonyl (C=O) groups excluding carboxylic acids is 1. The molecule has 0 aromatic carbocycles. The highest BCUT2D eigenvalue weighted by molar-refractivity contribution is 5.74. The van der Waals surface area contributed by atoms with E-state index in [9.17, 15) is 4.79 Å². The molecule has 1 atom stereocenters. The van der Waals surface area contributed by atoms with E-state index < -0.39 is 0 Å². The van der Waals surface area contributed by atoms with Crippen LogP contribution in [0.3, 0.4) is 0 Å². The molecule has 0 spiro atoms. The standard InChI is InChI=1S/C14H24N6O2/c1-10(12-17-18-19-20(12)11-4-5-11)16-13(21)15-8-14(9-22-2)6-3-7-14/h10-11H,3-9H2,1-2H3,(H2,15,16,21). The lowest BCUT2D eigenvalue weighted by Gasteiger charge is -2.41. The van der Waals surface area contributed by atoms with Gasteiger partial charge < -0.3 is 15.4 Å². The summed E-state index contributed by atoms with van der Waals surface area (Å²) in [5.74, 6) is 0.716. The summed E-state index contributed by atoms with van der Waals surface area (Å²) in [6, 6.07) is 0.00727. The molecule has 8 nitrogen and oxygen atoms in total. The van der Waals surface area contributed by atoms with Crippen molar-refractivity contribution in [3.05, 3.63) is 5.82 Å². The molecule has 2 saturated carbocycles. The van der Waals surface area contributed by atoms with E-state index in [4.69, 9.17) is 4.74 Å². The summed E-state index contributed by atoms with van der Waals surface area (Å²) in [6.45, 7) is 3.24. The molecule has 22 heavy (non-hydrogen) atoms. The Morgan fingerprint density at radius 2 is 2.27 bits per heavy atom. The van der Waals surface area contributed by atoms with Gasteiger partial charge in [-0.3, -0.25) is 0 Å². The maximum absolute atomic E-state index is 12.1. The lowest BCUT2D eigenvalue weighted by Crippen LogP contribution is -2.48. The Morgan fingerprint density at radius 3 is 2.86 bits per heavy atom. The topological polar surface area (TPSA) is 94.0 Å².